The monoisotopic (exact) mass is 277 g/mol. The van der Waals surface area contributed by atoms with Crippen molar-refractivity contribution >= 4 is 23.4 Å². The molecule has 106 valence electrons. The average molecular weight is 277 g/mol. The number of hydrogen-bond donors (Lipinski definition) is 3. The fraction of sp³-hybridized carbons (Fsp3) is 0.308. The van der Waals surface area contributed by atoms with Crippen molar-refractivity contribution in [3.63, 3.8) is 0 Å². The highest BCUT2D eigenvalue weighted by Crippen LogP contribution is 2.34. The summed E-state index contributed by atoms with van der Waals surface area (Å²) >= 11 is 0. The Morgan fingerprint density at radius 1 is 1.30 bits per heavy atom. The van der Waals surface area contributed by atoms with E-state index in [1.54, 1.807) is 31.3 Å². The molecule has 0 saturated heterocycles. The normalized spacial score (nSPS) is 16.8. The first-order chi connectivity index (χ1) is 9.56. The number of anilines is 1. The van der Waals surface area contributed by atoms with Gasteiger partial charge in [0, 0.05) is 24.8 Å². The number of nitrogens with one attached hydrogen (secondary N) is 2. The summed E-state index contributed by atoms with van der Waals surface area (Å²) in [5.74, 6) is -2.07. The van der Waals surface area contributed by atoms with Gasteiger partial charge >= 0.3 is 11.8 Å². The van der Waals surface area contributed by atoms with Gasteiger partial charge in [0.2, 0.25) is 0 Å². The Morgan fingerprint density at radius 3 is 2.70 bits per heavy atom. The maximum atomic E-state index is 12.1. The van der Waals surface area contributed by atoms with Gasteiger partial charge in [-0.25, -0.2) is 0 Å². The molecule has 0 aromatic heterocycles. The molecule has 1 aliphatic heterocycles. The van der Waals surface area contributed by atoms with Crippen molar-refractivity contribution in [2.45, 2.75) is 6.04 Å². The van der Waals surface area contributed by atoms with Crippen LogP contribution in [0.15, 0.2) is 24.3 Å². The van der Waals surface area contributed by atoms with Crippen LogP contribution in [0.1, 0.15) is 11.6 Å². The molecule has 1 aromatic carbocycles. The summed E-state index contributed by atoms with van der Waals surface area (Å²) in [5.41, 5.74) is 1.36. The van der Waals surface area contributed by atoms with Gasteiger partial charge in [-0.1, -0.05) is 18.2 Å². The molecule has 20 heavy (non-hydrogen) atoms. The molecular formula is C13H15N3O4. The van der Waals surface area contributed by atoms with Crippen molar-refractivity contribution in [3.05, 3.63) is 29.8 Å². The third-order valence-electron chi connectivity index (χ3n) is 3.07. The number of benzene rings is 1. The fourth-order valence-electron chi connectivity index (χ4n) is 2.07. The first-order valence-electron chi connectivity index (χ1n) is 6.12. The average Bonchev–Trinajstić information content (AvgIpc) is 2.70. The van der Waals surface area contributed by atoms with Gasteiger partial charge in [-0.05, 0) is 6.07 Å². The van der Waals surface area contributed by atoms with Crippen LogP contribution in [-0.4, -0.2) is 43.0 Å². The van der Waals surface area contributed by atoms with Crippen LogP contribution in [0.25, 0.3) is 0 Å². The fourth-order valence-corrected chi connectivity index (χ4v) is 2.07. The third kappa shape index (κ3) is 2.48. The second-order valence-electron chi connectivity index (χ2n) is 4.34. The molecule has 3 N–H and O–H groups in total. The van der Waals surface area contributed by atoms with E-state index in [4.69, 9.17) is 5.11 Å². The molecule has 0 aliphatic carbocycles. The van der Waals surface area contributed by atoms with Gasteiger partial charge in [0.05, 0.1) is 6.61 Å². The van der Waals surface area contributed by atoms with Gasteiger partial charge < -0.3 is 20.6 Å². The summed E-state index contributed by atoms with van der Waals surface area (Å²) in [6.07, 6.45) is 0. The minimum atomic E-state index is -0.901. The van der Waals surface area contributed by atoms with E-state index in [1.165, 1.54) is 4.90 Å². The van der Waals surface area contributed by atoms with E-state index in [2.05, 4.69) is 10.6 Å². The first kappa shape index (κ1) is 14.0. The molecule has 0 fully saturated rings. The van der Waals surface area contributed by atoms with Crippen molar-refractivity contribution in [1.82, 2.24) is 10.6 Å². The number of likely N-dealkylation sites (N-methyl/N-ethyl adjacent to an activating group) is 1. The summed E-state index contributed by atoms with van der Waals surface area (Å²) in [7, 11) is 1.61. The van der Waals surface area contributed by atoms with Crippen molar-refractivity contribution in [2.75, 3.05) is 25.1 Å². The van der Waals surface area contributed by atoms with Crippen LogP contribution in [0, 0.1) is 0 Å². The lowest BCUT2D eigenvalue weighted by molar-refractivity contribution is -0.140. The Balaban J connectivity index is 2.12. The third-order valence-corrected chi connectivity index (χ3v) is 3.07. The molecule has 7 nitrogen and oxygen atoms in total. The number of fused-ring (bicyclic) bond motifs is 1. The Labute approximate surface area is 115 Å². The highest BCUT2D eigenvalue weighted by molar-refractivity contribution is 6.35. The smallest absolute Gasteiger partial charge is 0.310 e. The number of carbonyl (C=O) groups is 3. The molecule has 0 spiro atoms. The quantitative estimate of drug-likeness (QED) is 0.613. The highest BCUT2D eigenvalue weighted by Gasteiger charge is 2.36. The van der Waals surface area contributed by atoms with Gasteiger partial charge in [0.25, 0.3) is 5.91 Å². The molecule has 3 amide bonds. The van der Waals surface area contributed by atoms with E-state index >= 15 is 0 Å². The first-order valence-corrected chi connectivity index (χ1v) is 6.12. The molecular weight excluding hydrogens is 262 g/mol. The molecule has 0 radical (unpaired) electrons. The highest BCUT2D eigenvalue weighted by atomic mass is 16.3. The van der Waals surface area contributed by atoms with E-state index in [0.717, 1.165) is 0 Å². The summed E-state index contributed by atoms with van der Waals surface area (Å²) < 4.78 is 0. The van der Waals surface area contributed by atoms with Gasteiger partial charge in [0.1, 0.15) is 6.04 Å². The predicted octanol–water partition coefficient (Wildman–Crippen LogP) is -1.07. The molecule has 1 atom stereocenters. The van der Waals surface area contributed by atoms with E-state index in [-0.39, 0.29) is 19.1 Å². The van der Waals surface area contributed by atoms with Crippen molar-refractivity contribution in [2.24, 2.45) is 0 Å². The minimum absolute atomic E-state index is 0.0125. The van der Waals surface area contributed by atoms with Crippen LogP contribution in [0.5, 0.6) is 0 Å². The Kier molecular flexibility index (Phi) is 3.99. The number of para-hydroxylation sites is 1. The topological polar surface area (TPSA) is 98.7 Å². The maximum absolute atomic E-state index is 12.1. The zero-order chi connectivity index (χ0) is 14.7. The molecule has 1 aliphatic rings. The van der Waals surface area contributed by atoms with Gasteiger partial charge in [-0.2, -0.15) is 0 Å². The Morgan fingerprint density at radius 2 is 2.00 bits per heavy atom. The lowest BCUT2D eigenvalue weighted by Crippen LogP contribution is -2.44. The largest absolute Gasteiger partial charge is 0.395 e. The van der Waals surface area contributed by atoms with Gasteiger partial charge in [-0.3, -0.25) is 14.4 Å². The molecule has 7 heteroatoms. The van der Waals surface area contributed by atoms with E-state index in [9.17, 15) is 14.4 Å². The van der Waals surface area contributed by atoms with E-state index < -0.39 is 17.9 Å². The summed E-state index contributed by atoms with van der Waals surface area (Å²) in [4.78, 5) is 36.6. The number of hydrogen-bond acceptors (Lipinski definition) is 4. The van der Waals surface area contributed by atoms with Gasteiger partial charge in [-0.15, -0.1) is 0 Å². The second-order valence-corrected chi connectivity index (χ2v) is 4.34. The number of nitrogens with zero attached hydrogens (tertiary/aromatic N) is 1. The molecule has 0 bridgehead atoms. The molecule has 2 rings (SSSR count). The zero-order valence-electron chi connectivity index (χ0n) is 10.9. The summed E-state index contributed by atoms with van der Waals surface area (Å²) in [6, 6.07) is 6.19. The van der Waals surface area contributed by atoms with Crippen molar-refractivity contribution < 1.29 is 19.5 Å². The zero-order valence-corrected chi connectivity index (χ0v) is 10.9. The molecule has 0 saturated carbocycles. The van der Waals surface area contributed by atoms with E-state index in [0.29, 0.717) is 11.3 Å². The summed E-state index contributed by atoms with van der Waals surface area (Å²) in [5, 5.41) is 13.2. The molecule has 1 unspecified atom stereocenters. The van der Waals surface area contributed by atoms with Crippen LogP contribution >= 0.6 is 0 Å². The minimum Gasteiger partial charge on any atom is -0.395 e. The second kappa shape index (κ2) is 5.70. The van der Waals surface area contributed by atoms with Crippen LogP contribution in [0.3, 0.4) is 0 Å². The predicted molar refractivity (Wildman–Crippen MR) is 70.8 cm³/mol. The Hall–Kier alpha value is -2.41. The standard InChI is InChI=1S/C13H15N3O4/c1-16-9-5-3-2-4-8(9)10(13(16)20)15-12(19)11(18)14-6-7-17/h2-5,10,17H,6-7H2,1H3,(H,14,18)(H,15,19). The number of carbonyl (C=O) groups excluding carboxylic acids is 3. The van der Waals surface area contributed by atoms with Crippen LogP contribution < -0.4 is 15.5 Å². The number of aliphatic hydroxyl groups is 1. The van der Waals surface area contributed by atoms with Crippen LogP contribution in [0.2, 0.25) is 0 Å². The summed E-state index contributed by atoms with van der Waals surface area (Å²) in [6.45, 7) is -0.270. The maximum Gasteiger partial charge on any atom is 0.310 e. The molecule has 1 aromatic rings. The van der Waals surface area contributed by atoms with Crippen molar-refractivity contribution in [3.8, 4) is 0 Å². The number of rotatable bonds is 3. The van der Waals surface area contributed by atoms with E-state index in [1.807, 2.05) is 0 Å². The van der Waals surface area contributed by atoms with Crippen LogP contribution in [0.4, 0.5) is 5.69 Å². The van der Waals surface area contributed by atoms with Crippen LogP contribution in [-0.2, 0) is 14.4 Å². The SMILES string of the molecule is CN1C(=O)C(NC(=O)C(=O)NCCO)c2ccccc21. The number of aliphatic hydroxyl groups excluding tert-OH is 1. The lowest BCUT2D eigenvalue weighted by Gasteiger charge is -2.12. The lowest BCUT2D eigenvalue weighted by atomic mass is 10.1. The number of amides is 3. The Bertz CT molecular complexity index is 558. The van der Waals surface area contributed by atoms with Gasteiger partial charge in [0.15, 0.2) is 0 Å². The molecule has 1 heterocycles. The van der Waals surface area contributed by atoms with Crippen molar-refractivity contribution in [1.29, 1.82) is 0 Å².